The Morgan fingerprint density at radius 2 is 1.62 bits per heavy atom. The van der Waals surface area contributed by atoms with Gasteiger partial charge in [0.05, 0.1) is 7.11 Å². The third-order valence-electron chi connectivity index (χ3n) is 2.26. The van der Waals surface area contributed by atoms with E-state index in [1.54, 1.807) is 7.05 Å². The van der Waals surface area contributed by atoms with Crippen LogP contribution in [0.3, 0.4) is 0 Å². The largest absolute Gasteiger partial charge is 0.462 e. The highest BCUT2D eigenvalue weighted by atomic mass is 16.5. The van der Waals surface area contributed by atoms with E-state index in [-0.39, 0.29) is 0 Å². The maximum atomic E-state index is 11.5. The summed E-state index contributed by atoms with van der Waals surface area (Å²) in [5.41, 5.74) is 2.77. The Morgan fingerprint density at radius 3 is 2.06 bits per heavy atom. The minimum absolute atomic E-state index is 0.674. The van der Waals surface area contributed by atoms with Gasteiger partial charge in [0, 0.05) is 12.7 Å². The van der Waals surface area contributed by atoms with E-state index >= 15 is 0 Å². The van der Waals surface area contributed by atoms with Crippen molar-refractivity contribution in [1.82, 2.24) is 0 Å². The molecule has 0 radical (unpaired) electrons. The van der Waals surface area contributed by atoms with E-state index < -0.39 is 11.9 Å². The molecule has 86 valence electrons. The van der Waals surface area contributed by atoms with Crippen LogP contribution in [0.2, 0.25) is 0 Å². The molecule has 0 saturated heterocycles. The first kappa shape index (κ1) is 12.2. The number of carbonyl (C=O) groups is 2. The second kappa shape index (κ2) is 4.79. The number of hydrogen-bond acceptors (Lipinski definition) is 3. The molecule has 1 amide bonds. The van der Waals surface area contributed by atoms with Gasteiger partial charge >= 0.3 is 11.9 Å². The van der Waals surface area contributed by atoms with Crippen molar-refractivity contribution in [2.24, 2.45) is 0 Å². The first-order valence-electron chi connectivity index (χ1n) is 4.90. The molecule has 1 aromatic rings. The number of carbonyl (C=O) groups excluding carboxylic acids is 2. The highest BCUT2D eigenvalue weighted by molar-refractivity contribution is 6.37. The topological polar surface area (TPSA) is 46.6 Å². The van der Waals surface area contributed by atoms with Crippen LogP contribution in [0.25, 0.3) is 0 Å². The molecule has 0 saturated carbocycles. The predicted molar refractivity (Wildman–Crippen MR) is 61.3 cm³/mol. The molecule has 0 aliphatic rings. The van der Waals surface area contributed by atoms with Gasteiger partial charge in [0.15, 0.2) is 0 Å². The quantitative estimate of drug-likeness (QED) is 0.532. The normalized spacial score (nSPS) is 9.75. The van der Waals surface area contributed by atoms with E-state index in [4.69, 9.17) is 0 Å². The van der Waals surface area contributed by atoms with Crippen molar-refractivity contribution in [3.63, 3.8) is 0 Å². The summed E-state index contributed by atoms with van der Waals surface area (Å²) in [6.07, 6.45) is 0. The van der Waals surface area contributed by atoms with Gasteiger partial charge in [-0.1, -0.05) is 6.07 Å². The smallest absolute Gasteiger partial charge is 0.397 e. The zero-order chi connectivity index (χ0) is 12.3. The summed E-state index contributed by atoms with van der Waals surface area (Å²) in [4.78, 5) is 23.9. The summed E-state index contributed by atoms with van der Waals surface area (Å²) in [6, 6.07) is 5.68. The molecule has 0 aliphatic carbocycles. The van der Waals surface area contributed by atoms with Crippen LogP contribution in [-0.2, 0) is 14.3 Å². The van der Waals surface area contributed by atoms with Crippen LogP contribution in [-0.4, -0.2) is 26.0 Å². The highest BCUT2D eigenvalue weighted by Gasteiger charge is 2.20. The van der Waals surface area contributed by atoms with Crippen molar-refractivity contribution in [2.45, 2.75) is 13.8 Å². The Bertz CT molecular complexity index is 406. The summed E-state index contributed by atoms with van der Waals surface area (Å²) < 4.78 is 4.38. The molecule has 1 aromatic carbocycles. The fraction of sp³-hybridized carbons (Fsp3) is 0.333. The average Bonchev–Trinajstić information content (AvgIpc) is 2.24. The molecule has 16 heavy (non-hydrogen) atoms. The van der Waals surface area contributed by atoms with Crippen LogP contribution in [0.4, 0.5) is 5.69 Å². The Kier molecular flexibility index (Phi) is 3.66. The lowest BCUT2D eigenvalue weighted by Gasteiger charge is -2.16. The number of esters is 1. The monoisotopic (exact) mass is 221 g/mol. The average molecular weight is 221 g/mol. The minimum atomic E-state index is -0.860. The summed E-state index contributed by atoms with van der Waals surface area (Å²) in [5.74, 6) is -1.53. The van der Waals surface area contributed by atoms with Gasteiger partial charge in [0.1, 0.15) is 0 Å². The molecule has 0 spiro atoms. The number of anilines is 1. The van der Waals surface area contributed by atoms with Crippen molar-refractivity contribution in [3.8, 4) is 0 Å². The number of nitrogens with zero attached hydrogens (tertiary/aromatic N) is 1. The first-order chi connectivity index (χ1) is 7.45. The zero-order valence-corrected chi connectivity index (χ0v) is 9.90. The molecule has 0 aliphatic heterocycles. The number of hydrogen-bond donors (Lipinski definition) is 0. The zero-order valence-electron chi connectivity index (χ0n) is 9.90. The van der Waals surface area contributed by atoms with Gasteiger partial charge in [-0.05, 0) is 37.1 Å². The van der Waals surface area contributed by atoms with Crippen LogP contribution in [0.1, 0.15) is 11.1 Å². The fourth-order valence-electron chi connectivity index (χ4n) is 1.49. The second-order valence-corrected chi connectivity index (χ2v) is 3.70. The molecule has 0 bridgehead atoms. The van der Waals surface area contributed by atoms with Gasteiger partial charge in [-0.3, -0.25) is 4.79 Å². The molecule has 4 heteroatoms. The third kappa shape index (κ3) is 2.59. The SMILES string of the molecule is COC(=O)C(=O)N(C)c1cc(C)cc(C)c1. The van der Waals surface area contributed by atoms with Crippen molar-refractivity contribution >= 4 is 17.6 Å². The molecule has 0 fully saturated rings. The summed E-state index contributed by atoms with van der Waals surface area (Å²) in [6.45, 7) is 3.87. The number of rotatable bonds is 1. The van der Waals surface area contributed by atoms with Crippen molar-refractivity contribution < 1.29 is 14.3 Å². The van der Waals surface area contributed by atoms with Gasteiger partial charge in [0.25, 0.3) is 0 Å². The number of benzene rings is 1. The number of methoxy groups -OCH3 is 1. The Morgan fingerprint density at radius 1 is 1.12 bits per heavy atom. The molecule has 0 atom stereocenters. The van der Waals surface area contributed by atoms with E-state index in [1.807, 2.05) is 32.0 Å². The maximum absolute atomic E-state index is 11.5. The van der Waals surface area contributed by atoms with Crippen molar-refractivity contribution in [3.05, 3.63) is 29.3 Å². The molecule has 0 aromatic heterocycles. The predicted octanol–water partition coefficient (Wildman–Crippen LogP) is 1.44. The van der Waals surface area contributed by atoms with Gasteiger partial charge in [-0.25, -0.2) is 4.79 Å². The lowest BCUT2D eigenvalue weighted by molar-refractivity contribution is -0.151. The summed E-state index contributed by atoms with van der Waals surface area (Å²) >= 11 is 0. The highest BCUT2D eigenvalue weighted by Crippen LogP contribution is 2.17. The van der Waals surface area contributed by atoms with Crippen LogP contribution in [0.5, 0.6) is 0 Å². The molecule has 0 heterocycles. The van der Waals surface area contributed by atoms with Gasteiger partial charge in [0.2, 0.25) is 0 Å². The second-order valence-electron chi connectivity index (χ2n) is 3.70. The fourth-order valence-corrected chi connectivity index (χ4v) is 1.49. The lowest BCUT2D eigenvalue weighted by Crippen LogP contribution is -2.34. The van der Waals surface area contributed by atoms with Crippen LogP contribution < -0.4 is 4.90 Å². The molecular formula is C12H15NO3. The van der Waals surface area contributed by atoms with Crippen LogP contribution in [0, 0.1) is 13.8 Å². The molecule has 1 rings (SSSR count). The minimum Gasteiger partial charge on any atom is -0.462 e. The Balaban J connectivity index is 3.00. The number of amides is 1. The van der Waals surface area contributed by atoms with Gasteiger partial charge in [-0.15, -0.1) is 0 Å². The van der Waals surface area contributed by atoms with Gasteiger partial charge < -0.3 is 9.64 Å². The van der Waals surface area contributed by atoms with E-state index in [0.29, 0.717) is 5.69 Å². The lowest BCUT2D eigenvalue weighted by atomic mass is 10.1. The molecule has 0 unspecified atom stereocenters. The van der Waals surface area contributed by atoms with Crippen LogP contribution >= 0.6 is 0 Å². The van der Waals surface area contributed by atoms with E-state index in [9.17, 15) is 9.59 Å². The molecule has 0 N–H and O–H groups in total. The van der Waals surface area contributed by atoms with E-state index in [0.717, 1.165) is 11.1 Å². The summed E-state index contributed by atoms with van der Waals surface area (Å²) in [7, 11) is 2.74. The molecule has 4 nitrogen and oxygen atoms in total. The standard InChI is InChI=1S/C12H15NO3/c1-8-5-9(2)7-10(6-8)13(3)11(14)12(15)16-4/h5-7H,1-4H3. The first-order valence-corrected chi connectivity index (χ1v) is 4.90. The van der Waals surface area contributed by atoms with Crippen molar-refractivity contribution in [2.75, 3.05) is 19.1 Å². The number of ether oxygens (including phenoxy) is 1. The number of aryl methyl sites for hydroxylation is 2. The Hall–Kier alpha value is -1.84. The summed E-state index contributed by atoms with van der Waals surface area (Å²) in [5, 5.41) is 0. The molecular weight excluding hydrogens is 206 g/mol. The van der Waals surface area contributed by atoms with Crippen LogP contribution in [0.15, 0.2) is 18.2 Å². The Labute approximate surface area is 94.8 Å². The van der Waals surface area contributed by atoms with Gasteiger partial charge in [-0.2, -0.15) is 0 Å². The van der Waals surface area contributed by atoms with Crippen molar-refractivity contribution in [1.29, 1.82) is 0 Å². The maximum Gasteiger partial charge on any atom is 0.397 e. The third-order valence-corrected chi connectivity index (χ3v) is 2.26. The van der Waals surface area contributed by atoms with E-state index in [1.165, 1.54) is 12.0 Å². The van der Waals surface area contributed by atoms with E-state index in [2.05, 4.69) is 4.74 Å². The number of likely N-dealkylation sites (N-methyl/N-ethyl adjacent to an activating group) is 1.